The number of benzene rings is 2. The lowest BCUT2D eigenvalue weighted by Gasteiger charge is -2.11. The van der Waals surface area contributed by atoms with Crippen LogP contribution in [-0.4, -0.2) is 25.8 Å². The third-order valence-corrected chi connectivity index (χ3v) is 4.28. The number of carbonyl (C=O) groups is 1. The first kappa shape index (κ1) is 17.4. The molecule has 138 valence electrons. The maximum absolute atomic E-state index is 12.9. The van der Waals surface area contributed by atoms with Crippen LogP contribution < -0.4 is 10.9 Å². The van der Waals surface area contributed by atoms with Gasteiger partial charge in [-0.05, 0) is 23.8 Å². The predicted octanol–water partition coefficient (Wildman–Crippen LogP) is 2.80. The number of rotatable bonds is 4. The molecule has 4 aromatic rings. The maximum atomic E-state index is 12.9. The Morgan fingerprint density at radius 1 is 0.964 bits per heavy atom. The first-order chi connectivity index (χ1) is 13.6. The lowest BCUT2D eigenvalue weighted by Crippen LogP contribution is -2.28. The zero-order valence-electron chi connectivity index (χ0n) is 14.7. The van der Waals surface area contributed by atoms with Crippen molar-refractivity contribution in [2.24, 2.45) is 0 Å². The fourth-order valence-corrected chi connectivity index (χ4v) is 2.93. The smallest absolute Gasteiger partial charge is 0.278 e. The van der Waals surface area contributed by atoms with Crippen LogP contribution in [0.15, 0.2) is 77.7 Å². The van der Waals surface area contributed by atoms with Gasteiger partial charge >= 0.3 is 0 Å². The van der Waals surface area contributed by atoms with Gasteiger partial charge in [0.1, 0.15) is 0 Å². The molecule has 0 aliphatic heterocycles. The lowest BCUT2D eigenvalue weighted by molar-refractivity contribution is 0.102. The average Bonchev–Trinajstić information content (AvgIpc) is 2.72. The van der Waals surface area contributed by atoms with E-state index >= 15 is 0 Å². The molecule has 7 nitrogen and oxygen atoms in total. The van der Waals surface area contributed by atoms with Crippen molar-refractivity contribution in [3.63, 3.8) is 0 Å². The Morgan fingerprint density at radius 3 is 2.43 bits per heavy atom. The van der Waals surface area contributed by atoms with Crippen molar-refractivity contribution in [1.29, 1.82) is 0 Å². The Morgan fingerprint density at radius 2 is 1.68 bits per heavy atom. The van der Waals surface area contributed by atoms with Crippen molar-refractivity contribution in [2.75, 3.05) is 5.32 Å². The standard InChI is InChI=1S/C21H16N4O3/c26-17-11-6-12-22-19(17)23-20(27)18-15-9-4-5-10-16(15)21(28)25(24-18)13-14-7-2-1-3-8-14/h1-12,26H,13H2,(H,22,23,27). The van der Waals surface area contributed by atoms with Crippen LogP contribution in [0.2, 0.25) is 0 Å². The highest BCUT2D eigenvalue weighted by Crippen LogP contribution is 2.20. The summed E-state index contributed by atoms with van der Waals surface area (Å²) < 4.78 is 1.27. The summed E-state index contributed by atoms with van der Waals surface area (Å²) in [5, 5.41) is 17.5. The van der Waals surface area contributed by atoms with E-state index in [1.807, 2.05) is 30.3 Å². The number of amides is 1. The normalized spacial score (nSPS) is 10.7. The van der Waals surface area contributed by atoms with Crippen LogP contribution in [-0.2, 0) is 6.54 Å². The molecule has 2 N–H and O–H groups in total. The number of fused-ring (bicyclic) bond motifs is 1. The number of pyridine rings is 1. The summed E-state index contributed by atoms with van der Waals surface area (Å²) in [6, 6.07) is 19.2. The zero-order chi connectivity index (χ0) is 19.5. The fraction of sp³-hybridized carbons (Fsp3) is 0.0476. The quantitative estimate of drug-likeness (QED) is 0.574. The van der Waals surface area contributed by atoms with Crippen molar-refractivity contribution in [3.05, 3.63) is 94.5 Å². The summed E-state index contributed by atoms with van der Waals surface area (Å²) >= 11 is 0. The molecule has 1 amide bonds. The molecule has 0 aliphatic rings. The van der Waals surface area contributed by atoms with Gasteiger partial charge in [0.15, 0.2) is 17.3 Å². The number of nitrogens with one attached hydrogen (secondary N) is 1. The van der Waals surface area contributed by atoms with Crippen LogP contribution >= 0.6 is 0 Å². The van der Waals surface area contributed by atoms with Crippen LogP contribution in [0.1, 0.15) is 16.1 Å². The third-order valence-electron chi connectivity index (χ3n) is 4.28. The van der Waals surface area contributed by atoms with E-state index in [-0.39, 0.29) is 29.4 Å². The van der Waals surface area contributed by atoms with E-state index in [0.717, 1.165) is 5.56 Å². The molecule has 0 unspecified atom stereocenters. The summed E-state index contributed by atoms with van der Waals surface area (Å²) in [7, 11) is 0. The lowest BCUT2D eigenvalue weighted by atomic mass is 10.1. The van der Waals surface area contributed by atoms with Gasteiger partial charge in [-0.15, -0.1) is 0 Å². The van der Waals surface area contributed by atoms with Crippen LogP contribution in [0.25, 0.3) is 10.8 Å². The van der Waals surface area contributed by atoms with Gasteiger partial charge in [0.25, 0.3) is 11.5 Å². The maximum Gasteiger partial charge on any atom is 0.278 e. The molecule has 0 atom stereocenters. The number of aromatic nitrogens is 3. The fourth-order valence-electron chi connectivity index (χ4n) is 2.93. The molecule has 7 heteroatoms. The SMILES string of the molecule is O=C(Nc1ncccc1O)c1nn(Cc2ccccc2)c(=O)c2ccccc12. The molecule has 4 rings (SSSR count). The summed E-state index contributed by atoms with van der Waals surface area (Å²) in [5.74, 6) is -0.691. The second-order valence-corrected chi connectivity index (χ2v) is 6.17. The van der Waals surface area contributed by atoms with Gasteiger partial charge in [-0.2, -0.15) is 5.10 Å². The van der Waals surface area contributed by atoms with E-state index < -0.39 is 5.91 Å². The molecule has 0 bridgehead atoms. The molecule has 0 spiro atoms. The number of aromatic hydroxyl groups is 1. The summed E-state index contributed by atoms with van der Waals surface area (Å²) in [6.45, 7) is 0.236. The van der Waals surface area contributed by atoms with Crippen LogP contribution in [0.3, 0.4) is 0 Å². The monoisotopic (exact) mass is 372 g/mol. The summed E-state index contributed by atoms with van der Waals surface area (Å²) in [6.07, 6.45) is 1.46. The number of carbonyl (C=O) groups excluding carboxylic acids is 1. The molecular formula is C21H16N4O3. The van der Waals surface area contributed by atoms with Gasteiger partial charge in [0, 0.05) is 11.6 Å². The number of nitrogens with zero attached hydrogens (tertiary/aromatic N) is 3. The van der Waals surface area contributed by atoms with Crippen molar-refractivity contribution < 1.29 is 9.90 Å². The Hall–Kier alpha value is -4.00. The van der Waals surface area contributed by atoms with E-state index in [0.29, 0.717) is 10.8 Å². The van der Waals surface area contributed by atoms with Crippen molar-refractivity contribution in [2.45, 2.75) is 6.54 Å². The number of hydrogen-bond donors (Lipinski definition) is 2. The summed E-state index contributed by atoms with van der Waals surface area (Å²) in [4.78, 5) is 29.6. The van der Waals surface area contributed by atoms with Gasteiger partial charge < -0.3 is 10.4 Å². The van der Waals surface area contributed by atoms with Crippen LogP contribution in [0.4, 0.5) is 5.82 Å². The average molecular weight is 372 g/mol. The number of hydrogen-bond acceptors (Lipinski definition) is 5. The Bertz CT molecular complexity index is 1220. The number of anilines is 1. The van der Waals surface area contributed by atoms with E-state index in [9.17, 15) is 14.7 Å². The second kappa shape index (κ2) is 7.32. The van der Waals surface area contributed by atoms with Gasteiger partial charge in [-0.25, -0.2) is 9.67 Å². The Balaban J connectivity index is 1.81. The molecule has 0 saturated carbocycles. The minimum Gasteiger partial charge on any atom is -0.504 e. The third kappa shape index (κ3) is 3.33. The molecular weight excluding hydrogens is 356 g/mol. The van der Waals surface area contributed by atoms with Crippen molar-refractivity contribution in [3.8, 4) is 5.75 Å². The molecule has 2 heterocycles. The molecule has 2 aromatic heterocycles. The largest absolute Gasteiger partial charge is 0.504 e. The molecule has 0 fully saturated rings. The second-order valence-electron chi connectivity index (χ2n) is 6.17. The van der Waals surface area contributed by atoms with Gasteiger partial charge in [-0.3, -0.25) is 9.59 Å². The predicted molar refractivity (Wildman–Crippen MR) is 105 cm³/mol. The van der Waals surface area contributed by atoms with Crippen molar-refractivity contribution >= 4 is 22.5 Å². The highest BCUT2D eigenvalue weighted by Gasteiger charge is 2.18. The van der Waals surface area contributed by atoms with E-state index in [2.05, 4.69) is 15.4 Å². The molecule has 28 heavy (non-hydrogen) atoms. The molecule has 2 aromatic carbocycles. The zero-order valence-corrected chi connectivity index (χ0v) is 14.7. The highest BCUT2D eigenvalue weighted by molar-refractivity contribution is 6.11. The van der Waals surface area contributed by atoms with Crippen LogP contribution in [0.5, 0.6) is 5.75 Å². The Kier molecular flexibility index (Phi) is 4.55. The van der Waals surface area contributed by atoms with E-state index in [4.69, 9.17) is 0 Å². The molecule has 0 aliphatic carbocycles. The van der Waals surface area contributed by atoms with E-state index in [1.54, 1.807) is 30.3 Å². The van der Waals surface area contributed by atoms with Gasteiger partial charge in [0.05, 0.1) is 11.9 Å². The summed E-state index contributed by atoms with van der Waals surface area (Å²) in [5.41, 5.74) is 0.689. The molecule has 0 radical (unpaired) electrons. The van der Waals surface area contributed by atoms with Crippen molar-refractivity contribution in [1.82, 2.24) is 14.8 Å². The highest BCUT2D eigenvalue weighted by atomic mass is 16.3. The first-order valence-electron chi connectivity index (χ1n) is 8.62. The topological polar surface area (TPSA) is 97.1 Å². The first-order valence-corrected chi connectivity index (χ1v) is 8.62. The Labute approximate surface area is 159 Å². The van der Waals surface area contributed by atoms with Gasteiger partial charge in [-0.1, -0.05) is 48.5 Å². The van der Waals surface area contributed by atoms with Crippen LogP contribution in [0, 0.1) is 0 Å². The van der Waals surface area contributed by atoms with E-state index in [1.165, 1.54) is 16.9 Å². The minimum atomic E-state index is -0.563. The minimum absolute atomic E-state index is 0.0270. The molecule has 0 saturated heterocycles. The van der Waals surface area contributed by atoms with Gasteiger partial charge in [0.2, 0.25) is 0 Å².